The average Bonchev–Trinajstić information content (AvgIpc) is 2.46. The molecule has 0 unspecified atom stereocenters. The summed E-state index contributed by atoms with van der Waals surface area (Å²) in [6.45, 7) is 0. The molecule has 0 fully saturated rings. The molecule has 6 heteroatoms. The molecule has 6 nitrogen and oxygen atoms in total. The molecule has 2 N–H and O–H groups in total. The molecule has 0 atom stereocenters. The van der Waals surface area contributed by atoms with Crippen LogP contribution in [0.15, 0.2) is 35.1 Å². The third-order valence-electron chi connectivity index (χ3n) is 2.80. The summed E-state index contributed by atoms with van der Waals surface area (Å²) in [5.74, 6) is -0.119. The number of hydrogen-bond donors (Lipinski definition) is 2. The molecule has 0 aliphatic rings. The highest BCUT2D eigenvalue weighted by Crippen LogP contribution is 2.28. The molecular weight excluding hydrogens is 262 g/mol. The summed E-state index contributed by atoms with van der Waals surface area (Å²) >= 11 is 0. The van der Waals surface area contributed by atoms with Crippen LogP contribution in [0.4, 0.5) is 0 Å². The van der Waals surface area contributed by atoms with E-state index in [1.54, 1.807) is 18.2 Å². The highest BCUT2D eigenvalue weighted by Gasteiger charge is 2.10. The van der Waals surface area contributed by atoms with Gasteiger partial charge in [0.1, 0.15) is 17.1 Å². The Bertz CT molecular complexity index is 683. The third-order valence-corrected chi connectivity index (χ3v) is 2.80. The van der Waals surface area contributed by atoms with Crippen LogP contribution in [-0.4, -0.2) is 30.3 Å². The minimum atomic E-state index is -1.26. The Kier molecular flexibility index (Phi) is 3.74. The molecule has 20 heavy (non-hydrogen) atoms. The molecule has 0 aliphatic heterocycles. The zero-order valence-corrected chi connectivity index (χ0v) is 11.0. The van der Waals surface area contributed by atoms with Crippen molar-refractivity contribution in [2.75, 3.05) is 14.2 Å². The average molecular weight is 275 g/mol. The molecule has 0 aliphatic carbocycles. The minimum Gasteiger partial charge on any atom is -0.497 e. The lowest BCUT2D eigenvalue weighted by Crippen LogP contribution is -2.17. The predicted octanol–water partition coefficient (Wildman–Crippen LogP) is 1.76. The van der Waals surface area contributed by atoms with Gasteiger partial charge in [0.05, 0.1) is 14.2 Å². The van der Waals surface area contributed by atoms with E-state index in [1.165, 1.54) is 26.4 Å². The summed E-state index contributed by atoms with van der Waals surface area (Å²) in [5, 5.41) is 8.83. The zero-order chi connectivity index (χ0) is 14.7. The first-order valence-electron chi connectivity index (χ1n) is 5.75. The summed E-state index contributed by atoms with van der Waals surface area (Å²) in [4.78, 5) is 25.0. The van der Waals surface area contributed by atoms with Gasteiger partial charge in [0.15, 0.2) is 0 Å². The summed E-state index contributed by atoms with van der Waals surface area (Å²) in [7, 11) is 3.05. The topological polar surface area (TPSA) is 88.6 Å². The lowest BCUT2D eigenvalue weighted by atomic mass is 10.1. The maximum Gasteiger partial charge on any atom is 0.341 e. The zero-order valence-electron chi connectivity index (χ0n) is 11.0. The van der Waals surface area contributed by atoms with Crippen molar-refractivity contribution in [3.05, 3.63) is 46.2 Å². The first-order valence-corrected chi connectivity index (χ1v) is 5.75. The molecule has 1 heterocycles. The van der Waals surface area contributed by atoms with Gasteiger partial charge in [0, 0.05) is 17.3 Å². The number of H-pyrrole nitrogens is 1. The van der Waals surface area contributed by atoms with Crippen LogP contribution in [0.5, 0.6) is 11.5 Å². The first-order chi connectivity index (χ1) is 9.55. The summed E-state index contributed by atoms with van der Waals surface area (Å²) in [6, 6.07) is 7.93. The molecule has 0 amide bonds. The number of carboxylic acids is 1. The molecule has 1 aromatic heterocycles. The molecule has 2 aromatic rings. The van der Waals surface area contributed by atoms with E-state index in [-0.39, 0.29) is 5.56 Å². The van der Waals surface area contributed by atoms with Gasteiger partial charge < -0.3 is 19.6 Å². The maximum atomic E-state index is 11.7. The van der Waals surface area contributed by atoms with Crippen molar-refractivity contribution in [2.24, 2.45) is 0 Å². The number of hydrogen-bond acceptors (Lipinski definition) is 4. The minimum absolute atomic E-state index is 0.302. The number of carboxylic acid groups (broad SMARTS) is 1. The van der Waals surface area contributed by atoms with Gasteiger partial charge in [-0.1, -0.05) is 0 Å². The Morgan fingerprint density at radius 3 is 2.15 bits per heavy atom. The predicted molar refractivity (Wildman–Crippen MR) is 72.6 cm³/mol. The van der Waals surface area contributed by atoms with Crippen molar-refractivity contribution < 1.29 is 19.4 Å². The Hall–Kier alpha value is -2.76. The Labute approximate surface area is 114 Å². The van der Waals surface area contributed by atoms with E-state index in [0.717, 1.165) is 0 Å². The monoisotopic (exact) mass is 275 g/mol. The van der Waals surface area contributed by atoms with Gasteiger partial charge in [-0.15, -0.1) is 0 Å². The Balaban J connectivity index is 2.54. The highest BCUT2D eigenvalue weighted by atomic mass is 16.5. The van der Waals surface area contributed by atoms with Crippen LogP contribution in [0.1, 0.15) is 10.4 Å². The van der Waals surface area contributed by atoms with Gasteiger partial charge in [-0.25, -0.2) is 4.79 Å². The van der Waals surface area contributed by atoms with Gasteiger partial charge in [-0.3, -0.25) is 4.79 Å². The van der Waals surface area contributed by atoms with E-state index in [2.05, 4.69) is 4.98 Å². The molecular formula is C14H13NO5. The lowest BCUT2D eigenvalue weighted by Gasteiger charge is -2.08. The van der Waals surface area contributed by atoms with Gasteiger partial charge >= 0.3 is 5.97 Å². The van der Waals surface area contributed by atoms with Crippen molar-refractivity contribution in [3.63, 3.8) is 0 Å². The molecule has 0 spiro atoms. The van der Waals surface area contributed by atoms with E-state index in [0.29, 0.717) is 22.8 Å². The fraction of sp³-hybridized carbons (Fsp3) is 0.143. The number of pyridine rings is 1. The first kappa shape index (κ1) is 13.7. The van der Waals surface area contributed by atoms with Gasteiger partial charge in [-0.2, -0.15) is 0 Å². The van der Waals surface area contributed by atoms with Gasteiger partial charge in [-0.05, 0) is 24.3 Å². The number of ether oxygens (including phenoxy) is 2. The van der Waals surface area contributed by atoms with Crippen molar-refractivity contribution >= 4 is 5.97 Å². The van der Waals surface area contributed by atoms with E-state index in [9.17, 15) is 9.59 Å². The number of aromatic carboxylic acids is 1. The van der Waals surface area contributed by atoms with Crippen LogP contribution >= 0.6 is 0 Å². The number of aromatic amines is 1. The second-order valence-electron chi connectivity index (χ2n) is 4.02. The fourth-order valence-corrected chi connectivity index (χ4v) is 1.77. The molecule has 2 rings (SSSR count). The Morgan fingerprint density at radius 1 is 1.10 bits per heavy atom. The summed E-state index contributed by atoms with van der Waals surface area (Å²) in [5.41, 5.74) is 0.188. The van der Waals surface area contributed by atoms with Crippen LogP contribution < -0.4 is 15.0 Å². The Morgan fingerprint density at radius 2 is 1.70 bits per heavy atom. The normalized spacial score (nSPS) is 10.1. The summed E-state index contributed by atoms with van der Waals surface area (Å²) < 4.78 is 10.3. The van der Waals surface area contributed by atoms with Crippen molar-refractivity contribution in [2.45, 2.75) is 0 Å². The third kappa shape index (κ3) is 2.64. The molecule has 0 bridgehead atoms. The van der Waals surface area contributed by atoms with Crippen LogP contribution in [0.2, 0.25) is 0 Å². The molecule has 0 radical (unpaired) electrons. The van der Waals surface area contributed by atoms with Gasteiger partial charge in [0.2, 0.25) is 0 Å². The van der Waals surface area contributed by atoms with Crippen LogP contribution in [-0.2, 0) is 0 Å². The van der Waals surface area contributed by atoms with E-state index in [4.69, 9.17) is 14.6 Å². The molecule has 0 saturated heterocycles. The number of aromatic nitrogens is 1. The second-order valence-corrected chi connectivity index (χ2v) is 4.02. The number of carbonyl (C=O) groups is 1. The fourth-order valence-electron chi connectivity index (χ4n) is 1.77. The van der Waals surface area contributed by atoms with E-state index >= 15 is 0 Å². The van der Waals surface area contributed by atoms with E-state index < -0.39 is 11.5 Å². The molecule has 0 saturated carbocycles. The second kappa shape index (κ2) is 5.48. The smallest absolute Gasteiger partial charge is 0.341 e. The van der Waals surface area contributed by atoms with Crippen LogP contribution in [0, 0.1) is 0 Å². The summed E-state index contributed by atoms with van der Waals surface area (Å²) in [6.07, 6.45) is 0. The maximum absolute atomic E-state index is 11.7. The van der Waals surface area contributed by atoms with Crippen molar-refractivity contribution in [1.29, 1.82) is 0 Å². The quantitative estimate of drug-likeness (QED) is 0.887. The van der Waals surface area contributed by atoms with Gasteiger partial charge in [0.25, 0.3) is 5.56 Å². The largest absolute Gasteiger partial charge is 0.497 e. The van der Waals surface area contributed by atoms with E-state index in [1.807, 2.05) is 0 Å². The lowest BCUT2D eigenvalue weighted by molar-refractivity contribution is 0.0695. The van der Waals surface area contributed by atoms with Crippen LogP contribution in [0.3, 0.4) is 0 Å². The molecule has 104 valence electrons. The SMILES string of the molecule is COc1cc(OC)cc(-c2ccc(C(=O)O)c(=O)[nH]2)c1. The van der Waals surface area contributed by atoms with Crippen LogP contribution in [0.25, 0.3) is 11.3 Å². The molecule has 1 aromatic carbocycles. The highest BCUT2D eigenvalue weighted by molar-refractivity contribution is 5.87. The van der Waals surface area contributed by atoms with Crippen molar-refractivity contribution in [3.8, 4) is 22.8 Å². The number of nitrogens with one attached hydrogen (secondary N) is 1. The number of methoxy groups -OCH3 is 2. The number of rotatable bonds is 4. The van der Waals surface area contributed by atoms with Crippen molar-refractivity contribution in [1.82, 2.24) is 4.98 Å². The number of benzene rings is 1. The standard InChI is InChI=1S/C14H13NO5/c1-19-9-5-8(6-10(7-9)20-2)12-4-3-11(14(17)18)13(16)15-12/h3-7H,1-2H3,(H,15,16)(H,17,18).